The molecule has 1 aliphatic heterocycles. The molecule has 28 heavy (non-hydrogen) atoms. The van der Waals surface area contributed by atoms with Crippen molar-refractivity contribution in [1.82, 2.24) is 25.0 Å². The number of benzene rings is 1. The molecule has 0 atom stereocenters. The van der Waals surface area contributed by atoms with Crippen molar-refractivity contribution in [1.29, 1.82) is 0 Å². The fourth-order valence-corrected chi connectivity index (χ4v) is 3.88. The van der Waals surface area contributed by atoms with Gasteiger partial charge in [0, 0.05) is 18.9 Å². The van der Waals surface area contributed by atoms with Gasteiger partial charge in [-0.15, -0.1) is 5.10 Å². The lowest BCUT2D eigenvalue weighted by Crippen LogP contribution is -2.25. The van der Waals surface area contributed by atoms with Crippen molar-refractivity contribution in [3.05, 3.63) is 30.5 Å². The van der Waals surface area contributed by atoms with Crippen molar-refractivity contribution in [3.63, 3.8) is 0 Å². The predicted molar refractivity (Wildman–Crippen MR) is 105 cm³/mol. The molecule has 1 N–H and O–H groups in total. The number of hydrogen-bond acceptors (Lipinski definition) is 7. The van der Waals surface area contributed by atoms with Crippen molar-refractivity contribution in [3.8, 4) is 11.4 Å². The normalized spacial score (nSPS) is 18.6. The van der Waals surface area contributed by atoms with Gasteiger partial charge in [0.05, 0.1) is 25.1 Å². The highest BCUT2D eigenvalue weighted by molar-refractivity contribution is 5.72. The van der Waals surface area contributed by atoms with E-state index in [9.17, 15) is 0 Å². The number of hydrogen-bond donors (Lipinski definition) is 1. The summed E-state index contributed by atoms with van der Waals surface area (Å²) in [5, 5.41) is 11.9. The van der Waals surface area contributed by atoms with E-state index in [-0.39, 0.29) is 6.10 Å². The largest absolute Gasteiger partial charge is 0.490 e. The van der Waals surface area contributed by atoms with Crippen molar-refractivity contribution in [2.24, 2.45) is 0 Å². The van der Waals surface area contributed by atoms with E-state index in [2.05, 4.69) is 25.6 Å². The summed E-state index contributed by atoms with van der Waals surface area (Å²) in [6, 6.07) is 8.36. The average molecular weight is 380 g/mol. The summed E-state index contributed by atoms with van der Waals surface area (Å²) in [4.78, 5) is 9.05. The van der Waals surface area contributed by atoms with Crippen LogP contribution in [0.2, 0.25) is 0 Å². The van der Waals surface area contributed by atoms with Gasteiger partial charge in [-0.25, -0.2) is 4.98 Å². The number of aromatic nitrogens is 5. The zero-order chi connectivity index (χ0) is 18.8. The summed E-state index contributed by atoms with van der Waals surface area (Å²) in [6.07, 6.45) is 8.70. The SMILES string of the molecule is c1cc(-n2nnc3cnc(NC4CCCC4)nc32)ccc1OC1CCOCC1. The fourth-order valence-electron chi connectivity index (χ4n) is 3.88. The molecule has 2 aromatic heterocycles. The van der Waals surface area contributed by atoms with Crippen LogP contribution in [0.15, 0.2) is 30.5 Å². The van der Waals surface area contributed by atoms with Gasteiger partial charge in [-0.05, 0) is 37.1 Å². The second-order valence-corrected chi connectivity index (χ2v) is 7.45. The van der Waals surface area contributed by atoms with E-state index in [1.807, 2.05) is 24.3 Å². The number of ether oxygens (including phenoxy) is 2. The highest BCUT2D eigenvalue weighted by atomic mass is 16.5. The minimum absolute atomic E-state index is 0.226. The predicted octanol–water partition coefficient (Wildman–Crippen LogP) is 3.12. The zero-order valence-electron chi connectivity index (χ0n) is 15.8. The van der Waals surface area contributed by atoms with Crippen LogP contribution in [0.5, 0.6) is 5.75 Å². The van der Waals surface area contributed by atoms with E-state index < -0.39 is 0 Å². The Bertz CT molecular complexity index is 930. The van der Waals surface area contributed by atoms with Gasteiger partial charge in [-0.3, -0.25) is 0 Å². The lowest BCUT2D eigenvalue weighted by atomic mass is 10.1. The Labute approximate surface area is 163 Å². The lowest BCUT2D eigenvalue weighted by Gasteiger charge is -2.23. The standard InChI is InChI=1S/C20H24N6O2/c1-2-4-14(3-1)22-20-21-13-18-19(23-20)26(25-24-18)15-5-7-16(8-6-15)28-17-9-11-27-12-10-17/h5-8,13-14,17H,1-4,9-12H2,(H,21,22,23). The Balaban J connectivity index is 1.35. The Kier molecular flexibility index (Phi) is 4.78. The van der Waals surface area contributed by atoms with Crippen molar-refractivity contribution in [2.45, 2.75) is 50.7 Å². The first-order valence-corrected chi connectivity index (χ1v) is 10.0. The van der Waals surface area contributed by atoms with Gasteiger partial charge in [0.25, 0.3) is 0 Å². The molecule has 3 aromatic rings. The van der Waals surface area contributed by atoms with Crippen LogP contribution >= 0.6 is 0 Å². The summed E-state index contributed by atoms with van der Waals surface area (Å²) in [7, 11) is 0. The Hall–Kier alpha value is -2.74. The summed E-state index contributed by atoms with van der Waals surface area (Å²) in [6.45, 7) is 1.54. The molecule has 5 rings (SSSR count). The van der Waals surface area contributed by atoms with E-state index in [0.717, 1.165) is 37.5 Å². The Morgan fingerprint density at radius 2 is 1.82 bits per heavy atom. The molecule has 1 aromatic carbocycles. The van der Waals surface area contributed by atoms with Gasteiger partial charge in [0.1, 0.15) is 11.9 Å². The third-order valence-electron chi connectivity index (χ3n) is 5.43. The minimum Gasteiger partial charge on any atom is -0.490 e. The van der Waals surface area contributed by atoms with E-state index in [0.29, 0.717) is 23.2 Å². The van der Waals surface area contributed by atoms with E-state index >= 15 is 0 Å². The molecule has 1 saturated heterocycles. The first-order chi connectivity index (χ1) is 13.8. The van der Waals surface area contributed by atoms with Crippen LogP contribution in [0.1, 0.15) is 38.5 Å². The molecule has 0 unspecified atom stereocenters. The number of fused-ring (bicyclic) bond motifs is 1. The molecule has 8 heteroatoms. The first kappa shape index (κ1) is 17.4. The van der Waals surface area contributed by atoms with Crippen molar-refractivity contribution in [2.75, 3.05) is 18.5 Å². The molecule has 0 spiro atoms. The summed E-state index contributed by atoms with van der Waals surface area (Å²) < 4.78 is 13.2. The second kappa shape index (κ2) is 7.71. The quantitative estimate of drug-likeness (QED) is 0.728. The second-order valence-electron chi connectivity index (χ2n) is 7.45. The lowest BCUT2D eigenvalue weighted by molar-refractivity contribution is 0.0256. The third kappa shape index (κ3) is 3.64. The monoisotopic (exact) mass is 380 g/mol. The van der Waals surface area contributed by atoms with Crippen LogP contribution in [-0.2, 0) is 4.74 Å². The van der Waals surface area contributed by atoms with Gasteiger partial charge in [-0.2, -0.15) is 9.67 Å². The molecule has 1 saturated carbocycles. The molecule has 3 heterocycles. The molecule has 2 aliphatic rings. The Morgan fingerprint density at radius 1 is 1.04 bits per heavy atom. The van der Waals surface area contributed by atoms with Crippen LogP contribution in [0.4, 0.5) is 5.95 Å². The maximum Gasteiger partial charge on any atom is 0.225 e. The Morgan fingerprint density at radius 3 is 2.61 bits per heavy atom. The highest BCUT2D eigenvalue weighted by Crippen LogP contribution is 2.23. The fraction of sp³-hybridized carbons (Fsp3) is 0.500. The van der Waals surface area contributed by atoms with Gasteiger partial charge >= 0.3 is 0 Å². The van der Waals surface area contributed by atoms with Gasteiger partial charge in [0.15, 0.2) is 11.2 Å². The van der Waals surface area contributed by atoms with E-state index in [1.54, 1.807) is 10.9 Å². The smallest absolute Gasteiger partial charge is 0.225 e. The molecule has 0 amide bonds. The van der Waals surface area contributed by atoms with Crippen LogP contribution in [0.3, 0.4) is 0 Å². The molecule has 2 fully saturated rings. The number of nitrogens with one attached hydrogen (secondary N) is 1. The molecule has 1 aliphatic carbocycles. The maximum absolute atomic E-state index is 6.05. The van der Waals surface area contributed by atoms with Crippen molar-refractivity contribution >= 4 is 17.1 Å². The zero-order valence-corrected chi connectivity index (χ0v) is 15.8. The first-order valence-electron chi connectivity index (χ1n) is 10.0. The van der Waals surface area contributed by atoms with Crippen LogP contribution in [0, 0.1) is 0 Å². The third-order valence-corrected chi connectivity index (χ3v) is 5.43. The summed E-state index contributed by atoms with van der Waals surface area (Å²) >= 11 is 0. The summed E-state index contributed by atoms with van der Waals surface area (Å²) in [5.41, 5.74) is 2.28. The highest BCUT2D eigenvalue weighted by Gasteiger charge is 2.18. The topological polar surface area (TPSA) is 87.0 Å². The van der Waals surface area contributed by atoms with Crippen LogP contribution in [0.25, 0.3) is 16.9 Å². The summed E-state index contributed by atoms with van der Waals surface area (Å²) in [5.74, 6) is 1.50. The molecular formula is C20H24N6O2. The van der Waals surface area contributed by atoms with Crippen LogP contribution in [-0.4, -0.2) is 50.3 Å². The molecule has 0 radical (unpaired) electrons. The molecule has 146 valence electrons. The average Bonchev–Trinajstić information content (AvgIpc) is 3.39. The maximum atomic E-state index is 6.05. The van der Waals surface area contributed by atoms with E-state index in [4.69, 9.17) is 9.47 Å². The number of anilines is 1. The van der Waals surface area contributed by atoms with Gasteiger partial charge in [-0.1, -0.05) is 18.1 Å². The van der Waals surface area contributed by atoms with Crippen molar-refractivity contribution < 1.29 is 9.47 Å². The van der Waals surface area contributed by atoms with Crippen LogP contribution < -0.4 is 10.1 Å². The van der Waals surface area contributed by atoms with Gasteiger partial charge < -0.3 is 14.8 Å². The van der Waals surface area contributed by atoms with Gasteiger partial charge in [0.2, 0.25) is 5.95 Å². The molecule has 8 nitrogen and oxygen atoms in total. The number of nitrogens with zero attached hydrogens (tertiary/aromatic N) is 5. The number of rotatable bonds is 5. The molecule has 0 bridgehead atoms. The molecular weight excluding hydrogens is 356 g/mol. The minimum atomic E-state index is 0.226. The van der Waals surface area contributed by atoms with E-state index in [1.165, 1.54) is 25.7 Å².